The highest BCUT2D eigenvalue weighted by Crippen LogP contribution is 2.40. The maximum Gasteiger partial charge on any atom is 0.326 e. The standard InChI is InChI=1S/C19H22N2O3/c1-3-11(2)17(19(23)24)21-18(22)14-10-16(12-8-9-12)20-15-7-5-4-6-13(14)15/h4-7,10-12,17H,3,8-9H2,1-2H3,(H,21,22)(H,23,24). The summed E-state index contributed by atoms with van der Waals surface area (Å²) in [5.41, 5.74) is 2.22. The molecule has 3 rings (SSSR count). The second-order valence-electron chi connectivity index (χ2n) is 6.56. The van der Waals surface area contributed by atoms with Gasteiger partial charge in [-0.15, -0.1) is 0 Å². The number of carboxylic acids is 1. The summed E-state index contributed by atoms with van der Waals surface area (Å²) in [5, 5.41) is 12.9. The first-order valence-corrected chi connectivity index (χ1v) is 8.44. The maximum atomic E-state index is 12.8. The van der Waals surface area contributed by atoms with E-state index in [1.807, 2.05) is 44.2 Å². The predicted molar refractivity (Wildman–Crippen MR) is 92.1 cm³/mol. The number of benzene rings is 1. The van der Waals surface area contributed by atoms with Gasteiger partial charge in [-0.2, -0.15) is 0 Å². The Morgan fingerprint density at radius 2 is 2.04 bits per heavy atom. The Morgan fingerprint density at radius 3 is 2.67 bits per heavy atom. The van der Waals surface area contributed by atoms with E-state index in [9.17, 15) is 14.7 Å². The molecule has 0 bridgehead atoms. The van der Waals surface area contributed by atoms with Crippen molar-refractivity contribution in [2.75, 3.05) is 0 Å². The SMILES string of the molecule is CCC(C)C(NC(=O)c1cc(C2CC2)nc2ccccc12)C(=O)O. The molecule has 2 atom stereocenters. The summed E-state index contributed by atoms with van der Waals surface area (Å²) in [7, 11) is 0. The van der Waals surface area contributed by atoms with Gasteiger partial charge in [-0.1, -0.05) is 38.5 Å². The minimum absolute atomic E-state index is 0.137. The fraction of sp³-hybridized carbons (Fsp3) is 0.421. The predicted octanol–water partition coefficient (Wildman–Crippen LogP) is 3.34. The zero-order chi connectivity index (χ0) is 17.3. The van der Waals surface area contributed by atoms with E-state index in [4.69, 9.17) is 0 Å². The third-order valence-corrected chi connectivity index (χ3v) is 4.74. The number of carbonyl (C=O) groups is 2. The molecule has 1 saturated carbocycles. The average Bonchev–Trinajstić information content (AvgIpc) is 3.42. The molecule has 1 aromatic heterocycles. The van der Waals surface area contributed by atoms with Gasteiger partial charge in [-0.05, 0) is 30.9 Å². The largest absolute Gasteiger partial charge is 0.480 e. The van der Waals surface area contributed by atoms with Gasteiger partial charge in [-0.25, -0.2) is 4.79 Å². The summed E-state index contributed by atoms with van der Waals surface area (Å²) in [5.74, 6) is -1.06. The zero-order valence-electron chi connectivity index (χ0n) is 14.0. The Balaban J connectivity index is 1.97. The molecule has 1 aromatic carbocycles. The Labute approximate surface area is 141 Å². The number of hydrogen-bond acceptors (Lipinski definition) is 3. The van der Waals surface area contributed by atoms with Crippen LogP contribution < -0.4 is 5.32 Å². The Bertz CT molecular complexity index is 783. The zero-order valence-corrected chi connectivity index (χ0v) is 14.0. The van der Waals surface area contributed by atoms with Crippen LogP contribution in [0.3, 0.4) is 0 Å². The number of amides is 1. The molecule has 126 valence electrons. The van der Waals surface area contributed by atoms with Crippen molar-refractivity contribution in [2.24, 2.45) is 5.92 Å². The summed E-state index contributed by atoms with van der Waals surface area (Å²) in [6.07, 6.45) is 2.87. The number of carboxylic acid groups (broad SMARTS) is 1. The van der Waals surface area contributed by atoms with E-state index in [-0.39, 0.29) is 11.8 Å². The number of aliphatic carboxylic acids is 1. The molecule has 2 aromatic rings. The summed E-state index contributed by atoms with van der Waals surface area (Å²) in [4.78, 5) is 28.9. The smallest absolute Gasteiger partial charge is 0.326 e. The van der Waals surface area contributed by atoms with Gasteiger partial charge in [-0.3, -0.25) is 9.78 Å². The van der Waals surface area contributed by atoms with Crippen LogP contribution in [0.5, 0.6) is 0 Å². The number of rotatable bonds is 6. The van der Waals surface area contributed by atoms with Crippen LogP contribution in [0.1, 0.15) is 55.1 Å². The van der Waals surface area contributed by atoms with Crippen LogP contribution in [0, 0.1) is 5.92 Å². The number of hydrogen-bond donors (Lipinski definition) is 2. The molecule has 1 aliphatic rings. The van der Waals surface area contributed by atoms with Gasteiger partial charge >= 0.3 is 5.97 Å². The fourth-order valence-corrected chi connectivity index (χ4v) is 2.87. The second kappa shape index (κ2) is 6.59. The molecule has 0 aliphatic heterocycles. The van der Waals surface area contributed by atoms with Crippen LogP contribution in [0.4, 0.5) is 0 Å². The first-order valence-electron chi connectivity index (χ1n) is 8.44. The number of para-hydroxylation sites is 1. The number of nitrogens with zero attached hydrogens (tertiary/aromatic N) is 1. The quantitative estimate of drug-likeness (QED) is 0.853. The van der Waals surface area contributed by atoms with Crippen molar-refractivity contribution in [1.82, 2.24) is 10.3 Å². The van der Waals surface area contributed by atoms with Gasteiger partial charge in [0.25, 0.3) is 5.91 Å². The van der Waals surface area contributed by atoms with Gasteiger partial charge < -0.3 is 10.4 Å². The van der Waals surface area contributed by atoms with Crippen LogP contribution in [-0.2, 0) is 4.79 Å². The molecular formula is C19H22N2O3. The molecule has 24 heavy (non-hydrogen) atoms. The molecule has 1 heterocycles. The second-order valence-corrected chi connectivity index (χ2v) is 6.56. The molecule has 1 aliphatic carbocycles. The molecule has 1 amide bonds. The van der Waals surface area contributed by atoms with Crippen molar-refractivity contribution < 1.29 is 14.7 Å². The summed E-state index contributed by atoms with van der Waals surface area (Å²) >= 11 is 0. The fourth-order valence-electron chi connectivity index (χ4n) is 2.87. The lowest BCUT2D eigenvalue weighted by atomic mass is 9.98. The minimum Gasteiger partial charge on any atom is -0.480 e. The lowest BCUT2D eigenvalue weighted by Gasteiger charge is -2.20. The van der Waals surface area contributed by atoms with Gasteiger partial charge in [0, 0.05) is 17.0 Å². The minimum atomic E-state index is -1.00. The third kappa shape index (κ3) is 3.25. The van der Waals surface area contributed by atoms with E-state index >= 15 is 0 Å². The molecule has 5 heteroatoms. The normalized spacial score (nSPS) is 16.6. The van der Waals surface area contributed by atoms with Crippen LogP contribution in [0.2, 0.25) is 0 Å². The highest BCUT2D eigenvalue weighted by Gasteiger charge is 2.29. The summed E-state index contributed by atoms with van der Waals surface area (Å²) in [6.45, 7) is 3.75. The van der Waals surface area contributed by atoms with Crippen LogP contribution in [-0.4, -0.2) is 28.0 Å². The topological polar surface area (TPSA) is 79.3 Å². The van der Waals surface area contributed by atoms with Gasteiger partial charge in [0.2, 0.25) is 0 Å². The first-order chi connectivity index (χ1) is 11.5. The molecule has 0 spiro atoms. The van der Waals surface area contributed by atoms with Gasteiger partial charge in [0.15, 0.2) is 0 Å². The number of fused-ring (bicyclic) bond motifs is 1. The van der Waals surface area contributed by atoms with Crippen molar-refractivity contribution in [2.45, 2.75) is 45.1 Å². The molecule has 5 nitrogen and oxygen atoms in total. The van der Waals surface area contributed by atoms with Crippen LogP contribution in [0.15, 0.2) is 30.3 Å². The van der Waals surface area contributed by atoms with Gasteiger partial charge in [0.05, 0.1) is 11.1 Å². The van der Waals surface area contributed by atoms with E-state index in [0.717, 1.165) is 29.4 Å². The van der Waals surface area contributed by atoms with Crippen molar-refractivity contribution >= 4 is 22.8 Å². The Morgan fingerprint density at radius 1 is 1.33 bits per heavy atom. The van der Waals surface area contributed by atoms with Crippen molar-refractivity contribution in [3.8, 4) is 0 Å². The number of aromatic nitrogens is 1. The van der Waals surface area contributed by atoms with Crippen LogP contribution >= 0.6 is 0 Å². The number of carbonyl (C=O) groups excluding carboxylic acids is 1. The van der Waals surface area contributed by atoms with Crippen LogP contribution in [0.25, 0.3) is 10.9 Å². The van der Waals surface area contributed by atoms with E-state index in [0.29, 0.717) is 17.9 Å². The van der Waals surface area contributed by atoms with Crippen molar-refractivity contribution in [1.29, 1.82) is 0 Å². The third-order valence-electron chi connectivity index (χ3n) is 4.74. The lowest BCUT2D eigenvalue weighted by molar-refractivity contribution is -0.140. The van der Waals surface area contributed by atoms with E-state index in [1.165, 1.54) is 0 Å². The molecule has 0 saturated heterocycles. The summed E-state index contributed by atoms with van der Waals surface area (Å²) in [6, 6.07) is 8.44. The van der Waals surface area contributed by atoms with E-state index in [1.54, 1.807) is 0 Å². The Hall–Kier alpha value is -2.43. The van der Waals surface area contributed by atoms with E-state index < -0.39 is 12.0 Å². The monoisotopic (exact) mass is 326 g/mol. The molecule has 0 radical (unpaired) electrons. The van der Waals surface area contributed by atoms with Crippen molar-refractivity contribution in [3.63, 3.8) is 0 Å². The highest BCUT2D eigenvalue weighted by molar-refractivity contribution is 6.07. The molecular weight excluding hydrogens is 304 g/mol. The van der Waals surface area contributed by atoms with Gasteiger partial charge in [0.1, 0.15) is 6.04 Å². The number of pyridine rings is 1. The number of nitrogens with one attached hydrogen (secondary N) is 1. The highest BCUT2D eigenvalue weighted by atomic mass is 16.4. The maximum absolute atomic E-state index is 12.8. The summed E-state index contributed by atoms with van der Waals surface area (Å²) < 4.78 is 0. The lowest BCUT2D eigenvalue weighted by Crippen LogP contribution is -2.45. The first kappa shape index (κ1) is 16.4. The molecule has 2 N–H and O–H groups in total. The van der Waals surface area contributed by atoms with E-state index in [2.05, 4.69) is 10.3 Å². The molecule has 2 unspecified atom stereocenters. The van der Waals surface area contributed by atoms with Crippen molar-refractivity contribution in [3.05, 3.63) is 41.6 Å². The Kier molecular flexibility index (Phi) is 4.51. The molecule has 1 fully saturated rings. The average molecular weight is 326 g/mol.